The zero-order valence-corrected chi connectivity index (χ0v) is 19.6. The second-order valence-electron chi connectivity index (χ2n) is 9.66. The monoisotopic (exact) mass is 479 g/mol. The number of phenols is 2. The van der Waals surface area contributed by atoms with Crippen LogP contribution in [0.5, 0.6) is 11.5 Å². The highest BCUT2D eigenvalue weighted by Gasteiger charge is 2.28. The molecule has 2 aliphatic rings. The minimum atomic E-state index is -0.315. The summed E-state index contributed by atoms with van der Waals surface area (Å²) >= 11 is 0. The maximum atomic E-state index is 13.4. The van der Waals surface area contributed by atoms with Gasteiger partial charge in [0.25, 0.3) is 0 Å². The van der Waals surface area contributed by atoms with Gasteiger partial charge in [-0.15, -0.1) is 0 Å². The van der Waals surface area contributed by atoms with E-state index in [9.17, 15) is 19.4 Å². The van der Waals surface area contributed by atoms with Crippen LogP contribution in [0.1, 0.15) is 42.9 Å². The summed E-state index contributed by atoms with van der Waals surface area (Å²) in [6, 6.07) is 9.10. The molecule has 0 bridgehead atoms. The number of halogens is 1. The van der Waals surface area contributed by atoms with Gasteiger partial charge in [-0.1, -0.05) is 11.2 Å². The molecule has 2 N–H and O–H groups in total. The summed E-state index contributed by atoms with van der Waals surface area (Å²) in [5.41, 5.74) is 2.10. The Balaban J connectivity index is 1.13. The molecule has 35 heavy (non-hydrogen) atoms. The van der Waals surface area contributed by atoms with E-state index in [1.54, 1.807) is 18.2 Å². The van der Waals surface area contributed by atoms with Crippen LogP contribution in [0.3, 0.4) is 0 Å². The van der Waals surface area contributed by atoms with E-state index >= 15 is 0 Å². The lowest BCUT2D eigenvalue weighted by Crippen LogP contribution is -2.44. The molecule has 184 valence electrons. The third kappa shape index (κ3) is 5.32. The highest BCUT2D eigenvalue weighted by atomic mass is 19.1. The van der Waals surface area contributed by atoms with Gasteiger partial charge in [-0.3, -0.25) is 4.79 Å². The Hall–Kier alpha value is -3.39. The first-order valence-electron chi connectivity index (χ1n) is 12.2. The van der Waals surface area contributed by atoms with Crippen molar-refractivity contribution in [3.8, 4) is 11.5 Å². The molecular formula is C27H30FN3O4. The van der Waals surface area contributed by atoms with Crippen molar-refractivity contribution in [3.63, 3.8) is 0 Å². The molecule has 3 aromatic rings. The normalized spacial score (nSPS) is 20.1. The number of carbonyl (C=O) groups excluding carboxylic acids is 1. The van der Waals surface area contributed by atoms with Gasteiger partial charge >= 0.3 is 0 Å². The number of hydrogen-bond donors (Lipinski definition) is 2. The number of nitrogens with zero attached hydrogens (tertiary/aromatic N) is 3. The van der Waals surface area contributed by atoms with Crippen molar-refractivity contribution < 1.29 is 23.9 Å². The third-order valence-electron chi connectivity index (χ3n) is 7.20. The fourth-order valence-corrected chi connectivity index (χ4v) is 5.31. The van der Waals surface area contributed by atoms with Gasteiger partial charge < -0.3 is 24.5 Å². The molecule has 0 spiro atoms. The van der Waals surface area contributed by atoms with E-state index in [0.717, 1.165) is 69.5 Å². The Morgan fingerprint density at radius 2 is 1.91 bits per heavy atom. The summed E-state index contributed by atoms with van der Waals surface area (Å²) < 4.78 is 18.8. The Kier molecular flexibility index (Phi) is 6.72. The molecule has 7 nitrogen and oxygen atoms in total. The van der Waals surface area contributed by atoms with Gasteiger partial charge in [0.15, 0.2) is 17.1 Å². The molecule has 1 atom stereocenters. The van der Waals surface area contributed by atoms with Gasteiger partial charge in [0.2, 0.25) is 5.91 Å². The number of phenolic OH excluding ortho intramolecular Hbond substituents is 2. The lowest BCUT2D eigenvalue weighted by molar-refractivity contribution is -0.127. The summed E-state index contributed by atoms with van der Waals surface area (Å²) in [6.07, 6.45) is 7.26. The number of benzene rings is 2. The van der Waals surface area contributed by atoms with Crippen molar-refractivity contribution in [2.75, 3.05) is 32.7 Å². The number of aromatic nitrogens is 1. The topological polar surface area (TPSA) is 90.0 Å². The Bertz CT molecular complexity index is 1230. The van der Waals surface area contributed by atoms with Crippen molar-refractivity contribution in [3.05, 3.63) is 59.5 Å². The van der Waals surface area contributed by atoms with Crippen LogP contribution < -0.4 is 0 Å². The molecule has 2 aliphatic heterocycles. The molecule has 0 unspecified atom stereocenters. The number of piperidine rings is 2. The lowest BCUT2D eigenvalue weighted by Gasteiger charge is -2.37. The highest BCUT2D eigenvalue weighted by molar-refractivity contribution is 5.92. The predicted molar refractivity (Wildman–Crippen MR) is 130 cm³/mol. The van der Waals surface area contributed by atoms with E-state index in [1.807, 2.05) is 4.90 Å². The van der Waals surface area contributed by atoms with Crippen LogP contribution in [-0.4, -0.2) is 63.8 Å². The van der Waals surface area contributed by atoms with E-state index in [0.29, 0.717) is 23.0 Å². The van der Waals surface area contributed by atoms with Gasteiger partial charge in [-0.05, 0) is 80.6 Å². The minimum absolute atomic E-state index is 0.0321. The van der Waals surface area contributed by atoms with E-state index in [2.05, 4.69) is 10.1 Å². The Morgan fingerprint density at radius 1 is 1.09 bits per heavy atom. The first kappa shape index (κ1) is 23.4. The average Bonchev–Trinajstić information content (AvgIpc) is 3.28. The molecule has 8 heteroatoms. The number of likely N-dealkylation sites (tertiary alicyclic amines) is 2. The SMILES string of the molecule is O=C(/C=C/c1ccc(O)c(O)c1)N1CCC[C@@H](CN2CCC(c3noc4cc(F)ccc34)CC2)C1. The summed E-state index contributed by atoms with van der Waals surface area (Å²) in [7, 11) is 0. The van der Waals surface area contributed by atoms with E-state index in [4.69, 9.17) is 4.52 Å². The van der Waals surface area contributed by atoms with Crippen molar-refractivity contribution in [1.29, 1.82) is 0 Å². The van der Waals surface area contributed by atoms with Crippen LogP contribution in [0, 0.1) is 11.7 Å². The number of carbonyl (C=O) groups is 1. The summed E-state index contributed by atoms with van der Waals surface area (Å²) in [4.78, 5) is 17.1. The maximum absolute atomic E-state index is 13.4. The molecule has 1 amide bonds. The standard InChI is InChI=1S/C27H30FN3O4/c28-21-5-6-22-25(15-21)35-29-27(22)20-9-12-30(13-10-20)16-19-2-1-11-31(17-19)26(34)8-4-18-3-7-23(32)24(33)14-18/h3-8,14-15,19-20,32-33H,1-2,9-13,16-17H2/b8-4+/t19-/m0/s1. The largest absolute Gasteiger partial charge is 0.504 e. The van der Waals surface area contributed by atoms with Crippen LogP contribution in [0.25, 0.3) is 17.0 Å². The molecule has 0 radical (unpaired) electrons. The summed E-state index contributed by atoms with van der Waals surface area (Å²) in [5, 5.41) is 24.2. The molecule has 2 aromatic carbocycles. The molecule has 3 heterocycles. The molecule has 1 aromatic heterocycles. The van der Waals surface area contributed by atoms with Crippen LogP contribution in [0.2, 0.25) is 0 Å². The maximum Gasteiger partial charge on any atom is 0.246 e. The molecule has 0 saturated carbocycles. The van der Waals surface area contributed by atoms with Crippen molar-refractivity contribution in [2.24, 2.45) is 5.92 Å². The molecular weight excluding hydrogens is 449 g/mol. The first-order valence-corrected chi connectivity index (χ1v) is 12.2. The second-order valence-corrected chi connectivity index (χ2v) is 9.66. The fraction of sp³-hybridized carbons (Fsp3) is 0.407. The number of rotatable bonds is 5. The first-order chi connectivity index (χ1) is 17.0. The summed E-state index contributed by atoms with van der Waals surface area (Å²) in [6.45, 7) is 4.40. The van der Waals surface area contributed by atoms with Gasteiger partial charge in [0, 0.05) is 43.1 Å². The molecule has 2 fully saturated rings. The average molecular weight is 480 g/mol. The van der Waals surface area contributed by atoms with Crippen LogP contribution in [0.4, 0.5) is 4.39 Å². The zero-order chi connectivity index (χ0) is 24.4. The second kappa shape index (κ2) is 10.1. The van der Waals surface area contributed by atoms with Crippen LogP contribution in [0.15, 0.2) is 47.0 Å². The van der Waals surface area contributed by atoms with E-state index < -0.39 is 0 Å². The Morgan fingerprint density at radius 3 is 2.71 bits per heavy atom. The molecule has 5 rings (SSSR count). The van der Waals surface area contributed by atoms with E-state index in [1.165, 1.54) is 30.3 Å². The number of aromatic hydroxyl groups is 2. The van der Waals surface area contributed by atoms with Gasteiger partial charge in [0.05, 0.1) is 5.69 Å². The van der Waals surface area contributed by atoms with Gasteiger partial charge in [-0.2, -0.15) is 0 Å². The van der Waals surface area contributed by atoms with Gasteiger partial charge in [-0.25, -0.2) is 4.39 Å². The number of amides is 1. The quantitative estimate of drug-likeness (QED) is 0.413. The lowest BCUT2D eigenvalue weighted by atomic mass is 9.90. The number of fused-ring (bicyclic) bond motifs is 1. The fourth-order valence-electron chi connectivity index (χ4n) is 5.31. The smallest absolute Gasteiger partial charge is 0.246 e. The van der Waals surface area contributed by atoms with Crippen molar-refractivity contribution >= 4 is 23.0 Å². The van der Waals surface area contributed by atoms with Gasteiger partial charge in [0.1, 0.15) is 5.82 Å². The van der Waals surface area contributed by atoms with Crippen LogP contribution >= 0.6 is 0 Å². The Labute approximate surface area is 203 Å². The third-order valence-corrected chi connectivity index (χ3v) is 7.20. The van der Waals surface area contributed by atoms with E-state index in [-0.39, 0.29) is 23.2 Å². The minimum Gasteiger partial charge on any atom is -0.504 e. The predicted octanol–water partition coefficient (Wildman–Crippen LogP) is 4.51. The highest BCUT2D eigenvalue weighted by Crippen LogP contribution is 2.33. The zero-order valence-electron chi connectivity index (χ0n) is 19.6. The summed E-state index contributed by atoms with van der Waals surface area (Å²) in [5.74, 6) is 0.0202. The molecule has 0 aliphatic carbocycles. The van der Waals surface area contributed by atoms with Crippen LogP contribution in [-0.2, 0) is 4.79 Å². The molecule has 2 saturated heterocycles. The van der Waals surface area contributed by atoms with Crippen molar-refractivity contribution in [2.45, 2.75) is 31.6 Å². The van der Waals surface area contributed by atoms with Crippen molar-refractivity contribution in [1.82, 2.24) is 15.0 Å². The number of hydrogen-bond acceptors (Lipinski definition) is 6.